The summed E-state index contributed by atoms with van der Waals surface area (Å²) in [5.74, 6) is -1.48. The average molecular weight is 301 g/mol. The number of amides is 1. The Balaban J connectivity index is 2.80. The van der Waals surface area contributed by atoms with Crippen LogP contribution in [0.4, 0.5) is 5.69 Å². The van der Waals surface area contributed by atoms with Gasteiger partial charge < -0.3 is 15.7 Å². The van der Waals surface area contributed by atoms with Crippen LogP contribution in [0.2, 0.25) is 0 Å². The highest BCUT2D eigenvalue weighted by molar-refractivity contribution is 6.07. The first-order valence-corrected chi connectivity index (χ1v) is 6.79. The Hall–Kier alpha value is -2.81. The first-order chi connectivity index (χ1) is 10.3. The highest BCUT2D eigenvalue weighted by Gasteiger charge is 2.12. The highest BCUT2D eigenvalue weighted by atomic mass is 16.4. The molecule has 0 radical (unpaired) electrons. The van der Waals surface area contributed by atoms with Gasteiger partial charge in [0, 0.05) is 18.4 Å². The zero-order chi connectivity index (χ0) is 16.7. The number of aliphatic carboxylic acids is 1. The first kappa shape index (κ1) is 17.2. The smallest absolute Gasteiger partial charge is 0.305 e. The summed E-state index contributed by atoms with van der Waals surface area (Å²) in [6.07, 6.45) is 1.14. The summed E-state index contributed by atoms with van der Waals surface area (Å²) in [5, 5.41) is 22.9. The molecule has 0 aliphatic heterocycles. The van der Waals surface area contributed by atoms with Gasteiger partial charge in [0.25, 0.3) is 5.91 Å². The van der Waals surface area contributed by atoms with Crippen molar-refractivity contribution in [1.82, 2.24) is 5.32 Å². The van der Waals surface area contributed by atoms with E-state index in [1.807, 2.05) is 32.9 Å². The van der Waals surface area contributed by atoms with Crippen molar-refractivity contribution in [2.75, 3.05) is 11.9 Å². The van der Waals surface area contributed by atoms with E-state index in [2.05, 4.69) is 10.6 Å². The number of nitrogens with zero attached hydrogens (tertiary/aromatic N) is 1. The molecular weight excluding hydrogens is 282 g/mol. The third kappa shape index (κ3) is 4.94. The minimum absolute atomic E-state index is 0.0903. The summed E-state index contributed by atoms with van der Waals surface area (Å²) in [6, 6.07) is 5.70. The molecule has 0 spiro atoms. The molecule has 6 heteroatoms. The normalized spacial score (nSPS) is 10.7. The average Bonchev–Trinajstić information content (AvgIpc) is 2.42. The lowest BCUT2D eigenvalue weighted by Gasteiger charge is -2.12. The fourth-order valence-electron chi connectivity index (χ4n) is 2.06. The number of aryl methyl sites for hydroxylation is 3. The number of hydrogen-bond acceptors (Lipinski definition) is 4. The van der Waals surface area contributed by atoms with Gasteiger partial charge in [-0.25, -0.2) is 0 Å². The van der Waals surface area contributed by atoms with Crippen molar-refractivity contribution in [1.29, 1.82) is 5.26 Å². The molecule has 1 aromatic carbocycles. The quantitative estimate of drug-likeness (QED) is 0.424. The Labute approximate surface area is 129 Å². The van der Waals surface area contributed by atoms with Crippen LogP contribution in [0.25, 0.3) is 0 Å². The van der Waals surface area contributed by atoms with Crippen LogP contribution < -0.4 is 10.6 Å². The van der Waals surface area contributed by atoms with Crippen molar-refractivity contribution < 1.29 is 14.7 Å². The molecule has 0 fully saturated rings. The summed E-state index contributed by atoms with van der Waals surface area (Å²) in [7, 11) is 0. The Morgan fingerprint density at radius 1 is 1.27 bits per heavy atom. The number of nitrogens with one attached hydrogen (secondary N) is 2. The third-order valence-corrected chi connectivity index (χ3v) is 3.01. The lowest BCUT2D eigenvalue weighted by Crippen LogP contribution is -2.19. The summed E-state index contributed by atoms with van der Waals surface area (Å²) >= 11 is 0. The van der Waals surface area contributed by atoms with Gasteiger partial charge in [-0.15, -0.1) is 0 Å². The molecule has 3 N–H and O–H groups in total. The fraction of sp³-hybridized carbons (Fsp3) is 0.312. The van der Waals surface area contributed by atoms with Crippen molar-refractivity contribution in [3.05, 3.63) is 40.6 Å². The number of anilines is 1. The van der Waals surface area contributed by atoms with Crippen LogP contribution >= 0.6 is 0 Å². The molecule has 6 nitrogen and oxygen atoms in total. The van der Waals surface area contributed by atoms with Gasteiger partial charge >= 0.3 is 5.97 Å². The SMILES string of the molecule is Cc1cc(C)c(NC(=O)/C(C#N)=C\NCCC(=O)O)c(C)c1. The molecule has 0 saturated heterocycles. The molecule has 0 aromatic heterocycles. The largest absolute Gasteiger partial charge is 0.481 e. The number of benzene rings is 1. The summed E-state index contributed by atoms with van der Waals surface area (Å²) in [6.45, 7) is 5.89. The Morgan fingerprint density at radius 2 is 1.86 bits per heavy atom. The van der Waals surface area contributed by atoms with Gasteiger partial charge in [-0.05, 0) is 31.9 Å². The van der Waals surface area contributed by atoms with E-state index in [4.69, 9.17) is 10.4 Å². The molecule has 1 aromatic rings. The number of rotatable bonds is 6. The molecule has 0 heterocycles. The van der Waals surface area contributed by atoms with Gasteiger partial charge in [-0.3, -0.25) is 9.59 Å². The number of carbonyl (C=O) groups excluding carboxylic acids is 1. The predicted octanol–water partition coefficient (Wildman–Crippen LogP) is 2.02. The van der Waals surface area contributed by atoms with Crippen LogP contribution in [-0.4, -0.2) is 23.5 Å². The van der Waals surface area contributed by atoms with E-state index in [0.29, 0.717) is 5.69 Å². The first-order valence-electron chi connectivity index (χ1n) is 6.79. The zero-order valence-electron chi connectivity index (χ0n) is 12.9. The maximum absolute atomic E-state index is 12.1. The van der Waals surface area contributed by atoms with Crippen molar-refractivity contribution in [3.8, 4) is 6.07 Å². The molecule has 0 bridgehead atoms. The monoisotopic (exact) mass is 301 g/mol. The molecular formula is C16H19N3O3. The van der Waals surface area contributed by atoms with E-state index < -0.39 is 11.9 Å². The summed E-state index contributed by atoms with van der Waals surface area (Å²) < 4.78 is 0. The maximum Gasteiger partial charge on any atom is 0.305 e. The van der Waals surface area contributed by atoms with Crippen LogP contribution in [0.3, 0.4) is 0 Å². The summed E-state index contributed by atoms with van der Waals surface area (Å²) in [4.78, 5) is 22.5. The van der Waals surface area contributed by atoms with E-state index >= 15 is 0 Å². The summed E-state index contributed by atoms with van der Waals surface area (Å²) in [5.41, 5.74) is 3.51. The Kier molecular flexibility index (Phi) is 6.14. The molecule has 116 valence electrons. The second-order valence-corrected chi connectivity index (χ2v) is 5.00. The fourth-order valence-corrected chi connectivity index (χ4v) is 2.06. The van der Waals surface area contributed by atoms with E-state index in [1.165, 1.54) is 6.20 Å². The van der Waals surface area contributed by atoms with Crippen LogP contribution in [-0.2, 0) is 9.59 Å². The number of hydrogen-bond donors (Lipinski definition) is 3. The number of carbonyl (C=O) groups is 2. The molecule has 0 atom stereocenters. The number of carboxylic acid groups (broad SMARTS) is 1. The molecule has 1 rings (SSSR count). The highest BCUT2D eigenvalue weighted by Crippen LogP contribution is 2.22. The minimum Gasteiger partial charge on any atom is -0.481 e. The van der Waals surface area contributed by atoms with E-state index in [0.717, 1.165) is 16.7 Å². The Morgan fingerprint density at radius 3 is 2.36 bits per heavy atom. The lowest BCUT2D eigenvalue weighted by molar-refractivity contribution is -0.136. The third-order valence-electron chi connectivity index (χ3n) is 3.01. The standard InChI is InChI=1S/C16H19N3O3/c1-10-6-11(2)15(12(3)7-10)19-16(22)13(8-17)9-18-5-4-14(20)21/h6-7,9,18H,4-5H2,1-3H3,(H,19,22)(H,20,21)/b13-9-. The second kappa shape index (κ2) is 7.84. The van der Waals surface area contributed by atoms with Gasteiger partial charge in [-0.1, -0.05) is 17.7 Å². The van der Waals surface area contributed by atoms with E-state index in [9.17, 15) is 9.59 Å². The van der Waals surface area contributed by atoms with E-state index in [1.54, 1.807) is 6.07 Å². The van der Waals surface area contributed by atoms with Gasteiger partial charge in [0.2, 0.25) is 0 Å². The molecule has 0 aliphatic rings. The maximum atomic E-state index is 12.1. The topological polar surface area (TPSA) is 102 Å². The number of nitriles is 1. The lowest BCUT2D eigenvalue weighted by atomic mass is 10.0. The molecule has 0 saturated carbocycles. The Bertz CT molecular complexity index is 634. The second-order valence-electron chi connectivity index (χ2n) is 5.00. The number of carboxylic acids is 1. The predicted molar refractivity (Wildman–Crippen MR) is 83.2 cm³/mol. The van der Waals surface area contributed by atoms with Gasteiger partial charge in [0.15, 0.2) is 0 Å². The molecule has 22 heavy (non-hydrogen) atoms. The molecule has 0 unspecified atom stereocenters. The van der Waals surface area contributed by atoms with Crippen LogP contribution in [0, 0.1) is 32.1 Å². The van der Waals surface area contributed by atoms with Gasteiger partial charge in [0.1, 0.15) is 11.6 Å². The van der Waals surface area contributed by atoms with Gasteiger partial charge in [-0.2, -0.15) is 5.26 Å². The van der Waals surface area contributed by atoms with Crippen molar-refractivity contribution in [3.63, 3.8) is 0 Å². The van der Waals surface area contributed by atoms with Crippen molar-refractivity contribution >= 4 is 17.6 Å². The van der Waals surface area contributed by atoms with E-state index in [-0.39, 0.29) is 18.5 Å². The minimum atomic E-state index is -0.949. The van der Waals surface area contributed by atoms with Crippen molar-refractivity contribution in [2.45, 2.75) is 27.2 Å². The van der Waals surface area contributed by atoms with Crippen LogP contribution in [0.5, 0.6) is 0 Å². The molecule has 0 aliphatic carbocycles. The molecule has 1 amide bonds. The van der Waals surface area contributed by atoms with Crippen LogP contribution in [0.15, 0.2) is 23.9 Å². The van der Waals surface area contributed by atoms with Crippen molar-refractivity contribution in [2.24, 2.45) is 0 Å². The zero-order valence-corrected chi connectivity index (χ0v) is 12.9. The van der Waals surface area contributed by atoms with Crippen LogP contribution in [0.1, 0.15) is 23.1 Å². The van der Waals surface area contributed by atoms with Gasteiger partial charge in [0.05, 0.1) is 6.42 Å².